The SMILES string of the molecule is NC1CCC(N2CC(NC(=O)CNC3NOc4ccc(C(F)(F)F)cc43)C2)CC1. The first-order valence-electron chi connectivity index (χ1n) is 9.95. The molecule has 2 heterocycles. The summed E-state index contributed by atoms with van der Waals surface area (Å²) in [4.78, 5) is 19.8. The number of hydrogen-bond acceptors (Lipinski definition) is 6. The van der Waals surface area contributed by atoms with E-state index in [4.69, 9.17) is 10.6 Å². The molecule has 2 fully saturated rings. The molecule has 0 aromatic heterocycles. The molecule has 0 radical (unpaired) electrons. The van der Waals surface area contributed by atoms with Crippen molar-refractivity contribution in [3.63, 3.8) is 0 Å². The molecule has 1 saturated carbocycles. The van der Waals surface area contributed by atoms with E-state index in [0.717, 1.165) is 50.9 Å². The van der Waals surface area contributed by atoms with Gasteiger partial charge in [-0.2, -0.15) is 13.2 Å². The van der Waals surface area contributed by atoms with E-state index in [0.29, 0.717) is 23.4 Å². The lowest BCUT2D eigenvalue weighted by molar-refractivity contribution is -0.137. The highest BCUT2D eigenvalue weighted by atomic mass is 19.4. The number of nitrogens with zero attached hydrogens (tertiary/aromatic N) is 1. The van der Waals surface area contributed by atoms with Gasteiger partial charge in [0.15, 0.2) is 5.75 Å². The molecule has 7 nitrogen and oxygen atoms in total. The van der Waals surface area contributed by atoms with Crippen molar-refractivity contribution in [2.24, 2.45) is 5.73 Å². The van der Waals surface area contributed by atoms with Crippen LogP contribution in [0.4, 0.5) is 13.2 Å². The maximum Gasteiger partial charge on any atom is 0.416 e. The van der Waals surface area contributed by atoms with E-state index >= 15 is 0 Å². The lowest BCUT2D eigenvalue weighted by Gasteiger charge is -2.46. The van der Waals surface area contributed by atoms with Crippen molar-refractivity contribution in [2.75, 3.05) is 19.6 Å². The largest absolute Gasteiger partial charge is 0.416 e. The molecule has 10 heteroatoms. The molecule has 1 aliphatic carbocycles. The topological polar surface area (TPSA) is 91.7 Å². The molecule has 1 saturated heterocycles. The van der Waals surface area contributed by atoms with Crippen LogP contribution < -0.4 is 26.7 Å². The second-order valence-corrected chi connectivity index (χ2v) is 8.07. The van der Waals surface area contributed by atoms with E-state index in [9.17, 15) is 18.0 Å². The number of hydrogen-bond donors (Lipinski definition) is 4. The van der Waals surface area contributed by atoms with E-state index in [1.54, 1.807) is 0 Å². The van der Waals surface area contributed by atoms with Crippen LogP contribution in [0.1, 0.15) is 43.0 Å². The summed E-state index contributed by atoms with van der Waals surface area (Å²) in [6, 6.07) is 4.26. The number of fused-ring (bicyclic) bond motifs is 1. The Morgan fingerprint density at radius 1 is 1.24 bits per heavy atom. The number of halogens is 3. The Balaban J connectivity index is 1.22. The maximum absolute atomic E-state index is 12.9. The van der Waals surface area contributed by atoms with Crippen LogP contribution in [0.3, 0.4) is 0 Å². The number of carbonyl (C=O) groups excluding carboxylic acids is 1. The molecule has 3 aliphatic rings. The molecule has 1 atom stereocenters. The Hall–Kier alpha value is -1.88. The van der Waals surface area contributed by atoms with E-state index < -0.39 is 17.9 Å². The van der Waals surface area contributed by atoms with Crippen LogP contribution in [0.15, 0.2) is 18.2 Å². The highest BCUT2D eigenvalue weighted by Crippen LogP contribution is 2.36. The number of benzene rings is 1. The quantitative estimate of drug-likeness (QED) is 0.581. The number of alkyl halides is 3. The van der Waals surface area contributed by atoms with Crippen molar-refractivity contribution in [3.8, 4) is 5.75 Å². The highest BCUT2D eigenvalue weighted by Gasteiger charge is 2.36. The number of rotatable bonds is 5. The Morgan fingerprint density at radius 3 is 2.66 bits per heavy atom. The highest BCUT2D eigenvalue weighted by molar-refractivity contribution is 5.78. The number of carbonyl (C=O) groups is 1. The van der Waals surface area contributed by atoms with Gasteiger partial charge in [-0.25, -0.2) is 0 Å². The zero-order valence-electron chi connectivity index (χ0n) is 16.0. The Morgan fingerprint density at radius 2 is 1.97 bits per heavy atom. The molecule has 29 heavy (non-hydrogen) atoms. The molecule has 1 amide bonds. The summed E-state index contributed by atoms with van der Waals surface area (Å²) in [7, 11) is 0. The average molecular weight is 413 g/mol. The van der Waals surface area contributed by atoms with Gasteiger partial charge >= 0.3 is 6.18 Å². The van der Waals surface area contributed by atoms with Crippen LogP contribution in [0.2, 0.25) is 0 Å². The number of hydroxylamine groups is 1. The van der Waals surface area contributed by atoms with Crippen molar-refractivity contribution in [1.82, 2.24) is 21.0 Å². The minimum absolute atomic E-state index is 0.0223. The fourth-order valence-corrected chi connectivity index (χ4v) is 4.22. The molecule has 0 bridgehead atoms. The van der Waals surface area contributed by atoms with Crippen molar-refractivity contribution in [3.05, 3.63) is 29.3 Å². The second-order valence-electron chi connectivity index (χ2n) is 8.07. The van der Waals surface area contributed by atoms with E-state index in [2.05, 4.69) is 21.0 Å². The van der Waals surface area contributed by atoms with Crippen LogP contribution in [0, 0.1) is 0 Å². The number of nitrogens with two attached hydrogens (primary N) is 1. The van der Waals surface area contributed by atoms with Gasteiger partial charge in [-0.05, 0) is 43.9 Å². The van der Waals surface area contributed by atoms with Gasteiger partial charge in [-0.15, -0.1) is 5.48 Å². The zero-order valence-corrected chi connectivity index (χ0v) is 16.0. The van der Waals surface area contributed by atoms with Crippen molar-refractivity contribution >= 4 is 5.91 Å². The van der Waals surface area contributed by atoms with Gasteiger partial charge in [-0.1, -0.05) is 0 Å². The minimum Gasteiger partial charge on any atom is -0.406 e. The third-order valence-electron chi connectivity index (χ3n) is 5.93. The monoisotopic (exact) mass is 413 g/mol. The van der Waals surface area contributed by atoms with Gasteiger partial charge < -0.3 is 15.9 Å². The zero-order chi connectivity index (χ0) is 20.6. The Bertz CT molecular complexity index is 746. The Labute approximate surface area is 167 Å². The molecule has 1 unspecified atom stereocenters. The van der Waals surface area contributed by atoms with E-state index in [1.165, 1.54) is 6.07 Å². The molecular weight excluding hydrogens is 387 g/mol. The Kier molecular flexibility index (Phi) is 5.69. The van der Waals surface area contributed by atoms with Crippen LogP contribution >= 0.6 is 0 Å². The standard InChI is InChI=1S/C19H26F3N5O2/c20-19(21,22)11-1-6-16-15(7-11)18(26-29-16)24-8-17(28)25-13-9-27(10-13)14-4-2-12(23)3-5-14/h1,6-7,12-14,18,24,26H,2-5,8-10,23H2,(H,25,28). The van der Waals surface area contributed by atoms with Crippen LogP contribution in [-0.4, -0.2) is 48.6 Å². The molecule has 160 valence electrons. The predicted octanol–water partition coefficient (Wildman–Crippen LogP) is 1.26. The summed E-state index contributed by atoms with van der Waals surface area (Å²) >= 11 is 0. The lowest BCUT2D eigenvalue weighted by atomic mass is 9.88. The summed E-state index contributed by atoms with van der Waals surface area (Å²) in [6.07, 6.45) is -0.792. The minimum atomic E-state index is -4.43. The molecule has 1 aromatic carbocycles. The second kappa shape index (κ2) is 8.10. The first kappa shape index (κ1) is 20.4. The summed E-state index contributed by atoms with van der Waals surface area (Å²) in [5, 5.41) is 5.87. The van der Waals surface area contributed by atoms with E-state index in [-0.39, 0.29) is 18.5 Å². The van der Waals surface area contributed by atoms with Crippen LogP contribution in [0.5, 0.6) is 5.75 Å². The van der Waals surface area contributed by atoms with E-state index in [1.807, 2.05) is 0 Å². The number of likely N-dealkylation sites (tertiary alicyclic amines) is 1. The maximum atomic E-state index is 12.9. The van der Waals surface area contributed by atoms with Crippen molar-refractivity contribution in [1.29, 1.82) is 0 Å². The third kappa shape index (κ3) is 4.66. The summed E-state index contributed by atoms with van der Waals surface area (Å²) in [5.41, 5.74) is 8.14. The molecular formula is C19H26F3N5O2. The summed E-state index contributed by atoms with van der Waals surface area (Å²) < 4.78 is 38.7. The number of nitrogens with one attached hydrogen (secondary N) is 3. The fraction of sp³-hybridized carbons (Fsp3) is 0.632. The predicted molar refractivity (Wildman–Crippen MR) is 99.7 cm³/mol. The molecule has 5 N–H and O–H groups in total. The van der Waals surface area contributed by atoms with Gasteiger partial charge in [0.05, 0.1) is 18.2 Å². The van der Waals surface area contributed by atoms with Gasteiger partial charge in [0.2, 0.25) is 5.91 Å². The average Bonchev–Trinajstić information content (AvgIpc) is 3.05. The van der Waals surface area contributed by atoms with Gasteiger partial charge in [0.25, 0.3) is 0 Å². The first-order chi connectivity index (χ1) is 13.8. The first-order valence-corrected chi connectivity index (χ1v) is 9.95. The summed E-state index contributed by atoms with van der Waals surface area (Å²) in [5.74, 6) is 0.125. The van der Waals surface area contributed by atoms with Gasteiger partial charge in [0.1, 0.15) is 6.17 Å². The molecule has 1 aromatic rings. The van der Waals surface area contributed by atoms with Crippen molar-refractivity contribution in [2.45, 2.75) is 56.2 Å². The third-order valence-corrected chi connectivity index (χ3v) is 5.93. The lowest BCUT2D eigenvalue weighted by Crippen LogP contribution is -2.63. The molecule has 2 aliphatic heterocycles. The van der Waals surface area contributed by atoms with Gasteiger partial charge in [-0.3, -0.25) is 15.0 Å². The summed E-state index contributed by atoms with van der Waals surface area (Å²) in [6.45, 7) is 1.63. The number of amides is 1. The molecule has 0 spiro atoms. The van der Waals surface area contributed by atoms with Crippen LogP contribution in [0.25, 0.3) is 0 Å². The van der Waals surface area contributed by atoms with Crippen LogP contribution in [-0.2, 0) is 11.0 Å². The molecule has 4 rings (SSSR count). The smallest absolute Gasteiger partial charge is 0.406 e. The fourth-order valence-electron chi connectivity index (χ4n) is 4.22. The van der Waals surface area contributed by atoms with Crippen molar-refractivity contribution < 1.29 is 22.8 Å². The van der Waals surface area contributed by atoms with Gasteiger partial charge in [0, 0.05) is 30.7 Å². The normalized spacial score (nSPS) is 27.8.